The third-order valence-electron chi connectivity index (χ3n) is 3.97. The zero-order valence-electron chi connectivity index (χ0n) is 10.7. The van der Waals surface area contributed by atoms with E-state index in [4.69, 9.17) is 0 Å². The number of benzene rings is 1. The van der Waals surface area contributed by atoms with E-state index in [1.165, 1.54) is 0 Å². The lowest BCUT2D eigenvalue weighted by atomic mass is 10.0. The SMILES string of the molecule is O=C1NC(=O)c2c1c1c3ccccc3[nH]c1n1ccnc21. The summed E-state index contributed by atoms with van der Waals surface area (Å²) in [6.07, 6.45) is 3.40. The number of pyridine rings is 1. The Morgan fingerprint density at radius 2 is 1.86 bits per heavy atom. The molecule has 2 N–H and O–H groups in total. The average Bonchev–Trinajstić information content (AvgIpc) is 3.14. The molecule has 3 aromatic heterocycles. The zero-order valence-corrected chi connectivity index (χ0v) is 10.7. The van der Waals surface area contributed by atoms with E-state index >= 15 is 0 Å². The first-order valence-corrected chi connectivity index (χ1v) is 6.51. The fourth-order valence-electron chi connectivity index (χ4n) is 3.14. The molecule has 0 atom stereocenters. The second-order valence-electron chi connectivity index (χ2n) is 5.05. The lowest BCUT2D eigenvalue weighted by Crippen LogP contribution is -2.20. The van der Waals surface area contributed by atoms with Crippen molar-refractivity contribution < 1.29 is 9.59 Å². The summed E-state index contributed by atoms with van der Waals surface area (Å²) < 4.78 is 1.81. The fraction of sp³-hybridized carbons (Fsp3) is 0. The lowest BCUT2D eigenvalue weighted by Gasteiger charge is -2.02. The first-order valence-electron chi connectivity index (χ1n) is 6.51. The van der Waals surface area contributed by atoms with Gasteiger partial charge in [0.1, 0.15) is 5.65 Å². The van der Waals surface area contributed by atoms with Crippen LogP contribution in [0.2, 0.25) is 0 Å². The highest BCUT2D eigenvalue weighted by atomic mass is 16.2. The molecule has 6 nitrogen and oxygen atoms in total. The van der Waals surface area contributed by atoms with Gasteiger partial charge in [0.15, 0.2) is 5.65 Å². The van der Waals surface area contributed by atoms with Gasteiger partial charge in [0.05, 0.1) is 11.1 Å². The number of rotatable bonds is 0. The van der Waals surface area contributed by atoms with E-state index in [9.17, 15) is 9.59 Å². The lowest BCUT2D eigenvalue weighted by molar-refractivity contribution is 0.0880. The highest BCUT2D eigenvalue weighted by Crippen LogP contribution is 2.34. The number of amides is 2. The number of aromatic amines is 1. The third kappa shape index (κ3) is 1.11. The van der Waals surface area contributed by atoms with Crippen molar-refractivity contribution in [3.8, 4) is 0 Å². The van der Waals surface area contributed by atoms with E-state index in [2.05, 4.69) is 15.3 Å². The maximum absolute atomic E-state index is 12.2. The molecule has 1 aliphatic heterocycles. The molecule has 0 unspecified atom stereocenters. The number of H-pyrrole nitrogens is 1. The van der Waals surface area contributed by atoms with Gasteiger partial charge in [-0.1, -0.05) is 18.2 Å². The van der Waals surface area contributed by atoms with E-state index in [-0.39, 0.29) is 5.91 Å². The molecule has 5 rings (SSSR count). The van der Waals surface area contributed by atoms with Gasteiger partial charge in [-0.15, -0.1) is 0 Å². The number of aromatic nitrogens is 3. The fourth-order valence-corrected chi connectivity index (χ4v) is 3.14. The molecule has 100 valence electrons. The molecule has 0 saturated heterocycles. The van der Waals surface area contributed by atoms with Crippen molar-refractivity contribution in [2.75, 3.05) is 0 Å². The normalized spacial score (nSPS) is 14.3. The number of hydrogen-bond acceptors (Lipinski definition) is 3. The number of nitrogens with one attached hydrogen (secondary N) is 2. The number of nitrogens with zero attached hydrogens (tertiary/aromatic N) is 2. The quantitative estimate of drug-likeness (QED) is 0.481. The second-order valence-corrected chi connectivity index (χ2v) is 5.05. The summed E-state index contributed by atoms with van der Waals surface area (Å²) in [5.41, 5.74) is 2.94. The van der Waals surface area contributed by atoms with E-state index in [1.54, 1.807) is 12.4 Å². The Morgan fingerprint density at radius 1 is 1.05 bits per heavy atom. The summed E-state index contributed by atoms with van der Waals surface area (Å²) in [4.78, 5) is 31.8. The minimum Gasteiger partial charge on any atom is -0.340 e. The second kappa shape index (κ2) is 3.29. The molecule has 0 bridgehead atoms. The number of fused-ring (bicyclic) bond motifs is 8. The van der Waals surface area contributed by atoms with E-state index in [0.29, 0.717) is 16.8 Å². The van der Waals surface area contributed by atoms with Gasteiger partial charge in [0, 0.05) is 28.7 Å². The van der Waals surface area contributed by atoms with Crippen LogP contribution in [0.3, 0.4) is 0 Å². The van der Waals surface area contributed by atoms with Gasteiger partial charge in [-0.2, -0.15) is 0 Å². The minimum atomic E-state index is -0.390. The number of para-hydroxylation sites is 1. The summed E-state index contributed by atoms with van der Waals surface area (Å²) in [5.74, 6) is -0.756. The van der Waals surface area contributed by atoms with Crippen LogP contribution in [0, 0.1) is 0 Å². The Morgan fingerprint density at radius 3 is 2.76 bits per heavy atom. The monoisotopic (exact) mass is 276 g/mol. The van der Waals surface area contributed by atoms with Crippen LogP contribution in [0.25, 0.3) is 27.6 Å². The van der Waals surface area contributed by atoms with Gasteiger partial charge in [0.25, 0.3) is 11.8 Å². The average molecular weight is 276 g/mol. The molecule has 21 heavy (non-hydrogen) atoms. The number of imide groups is 1. The van der Waals surface area contributed by atoms with Crippen LogP contribution in [0.5, 0.6) is 0 Å². The first kappa shape index (κ1) is 10.6. The third-order valence-corrected chi connectivity index (χ3v) is 3.97. The van der Waals surface area contributed by atoms with Gasteiger partial charge in [-0.25, -0.2) is 4.98 Å². The molecule has 1 aliphatic rings. The molecular weight excluding hydrogens is 268 g/mol. The highest BCUT2D eigenvalue weighted by Gasteiger charge is 2.34. The van der Waals surface area contributed by atoms with Gasteiger partial charge in [0.2, 0.25) is 0 Å². The van der Waals surface area contributed by atoms with Crippen LogP contribution in [-0.4, -0.2) is 26.2 Å². The number of carbonyl (C=O) groups is 2. The Bertz CT molecular complexity index is 1100. The number of hydrogen-bond donors (Lipinski definition) is 2. The van der Waals surface area contributed by atoms with Gasteiger partial charge in [-0.05, 0) is 6.07 Å². The predicted octanol–water partition coefficient (Wildman–Crippen LogP) is 1.85. The van der Waals surface area contributed by atoms with Gasteiger partial charge in [-0.3, -0.25) is 19.3 Å². The van der Waals surface area contributed by atoms with Crippen molar-refractivity contribution in [3.63, 3.8) is 0 Å². The van der Waals surface area contributed by atoms with E-state index in [0.717, 1.165) is 21.9 Å². The largest absolute Gasteiger partial charge is 0.340 e. The Labute approximate surface area is 117 Å². The van der Waals surface area contributed by atoms with Crippen LogP contribution < -0.4 is 5.32 Å². The molecule has 4 aromatic rings. The maximum atomic E-state index is 12.2. The van der Waals surface area contributed by atoms with Crippen LogP contribution in [0.15, 0.2) is 36.7 Å². The molecule has 0 saturated carbocycles. The zero-order chi connectivity index (χ0) is 14.1. The molecule has 6 heteroatoms. The molecular formula is C15H8N4O2. The minimum absolute atomic E-state index is 0.349. The van der Waals surface area contributed by atoms with Crippen molar-refractivity contribution >= 4 is 39.4 Å². The summed E-state index contributed by atoms with van der Waals surface area (Å²) in [6, 6.07) is 7.72. The van der Waals surface area contributed by atoms with Crippen molar-refractivity contribution in [1.29, 1.82) is 0 Å². The summed E-state index contributed by atoms with van der Waals surface area (Å²) >= 11 is 0. The highest BCUT2D eigenvalue weighted by molar-refractivity contribution is 6.31. The van der Waals surface area contributed by atoms with Crippen molar-refractivity contribution in [3.05, 3.63) is 47.8 Å². The van der Waals surface area contributed by atoms with Crippen LogP contribution in [-0.2, 0) is 0 Å². The van der Waals surface area contributed by atoms with Crippen LogP contribution in [0.4, 0.5) is 0 Å². The van der Waals surface area contributed by atoms with Crippen molar-refractivity contribution in [2.45, 2.75) is 0 Å². The van der Waals surface area contributed by atoms with Crippen LogP contribution in [0.1, 0.15) is 20.7 Å². The molecule has 0 fully saturated rings. The number of carbonyl (C=O) groups excluding carboxylic acids is 2. The maximum Gasteiger partial charge on any atom is 0.262 e. The van der Waals surface area contributed by atoms with E-state index < -0.39 is 5.91 Å². The molecule has 2 amide bonds. The molecule has 0 spiro atoms. The Balaban J connectivity index is 2.20. The van der Waals surface area contributed by atoms with Crippen molar-refractivity contribution in [1.82, 2.24) is 19.7 Å². The van der Waals surface area contributed by atoms with E-state index in [1.807, 2.05) is 28.7 Å². The molecule has 4 heterocycles. The molecule has 0 aliphatic carbocycles. The van der Waals surface area contributed by atoms with Gasteiger partial charge >= 0.3 is 0 Å². The smallest absolute Gasteiger partial charge is 0.262 e. The molecule has 1 aromatic carbocycles. The topological polar surface area (TPSA) is 79.3 Å². The van der Waals surface area contributed by atoms with Gasteiger partial charge < -0.3 is 4.98 Å². The summed E-state index contributed by atoms with van der Waals surface area (Å²) in [5, 5.41) is 4.05. The first-order chi connectivity index (χ1) is 10.3. The Hall–Kier alpha value is -3.15. The molecule has 0 radical (unpaired) electrons. The number of imidazole rings is 1. The van der Waals surface area contributed by atoms with Crippen molar-refractivity contribution in [2.24, 2.45) is 0 Å². The standard InChI is InChI=1S/C15H8N4O2/c20-14-10-9-7-3-1-2-4-8(7)17-13(9)19-6-5-16-12(19)11(10)15(21)18-14/h1-6,17H,(H,18,20,21). The summed E-state index contributed by atoms with van der Waals surface area (Å²) in [7, 11) is 0. The Kier molecular flexibility index (Phi) is 1.66. The van der Waals surface area contributed by atoms with Crippen LogP contribution >= 0.6 is 0 Å². The summed E-state index contributed by atoms with van der Waals surface area (Å²) in [6.45, 7) is 0. The predicted molar refractivity (Wildman–Crippen MR) is 76.4 cm³/mol.